The molecule has 1 fully saturated rings. The summed E-state index contributed by atoms with van der Waals surface area (Å²) in [5.41, 5.74) is 0.597. The van der Waals surface area contributed by atoms with E-state index in [2.05, 4.69) is 5.32 Å². The number of nitrogens with one attached hydrogen (secondary N) is 1. The van der Waals surface area contributed by atoms with Crippen molar-refractivity contribution >= 4 is 28.2 Å². The number of amides is 1. The van der Waals surface area contributed by atoms with Crippen molar-refractivity contribution in [3.05, 3.63) is 66.6 Å². The maximum absolute atomic E-state index is 12.6. The predicted octanol–water partition coefficient (Wildman–Crippen LogP) is 3.88. The Hall–Kier alpha value is -3.39. The van der Waals surface area contributed by atoms with Crippen LogP contribution in [0, 0.1) is 23.2 Å². The number of anilines is 1. The van der Waals surface area contributed by atoms with Gasteiger partial charge in [0.2, 0.25) is 5.91 Å². The SMILES string of the molecule is N#C[C@H](C(=O)Nc1cccc2ccccc12)C(=O)[C@H]1C[C@@H]1c1ccco1. The molecule has 0 unspecified atom stereocenters. The first-order chi connectivity index (χ1) is 12.7. The summed E-state index contributed by atoms with van der Waals surface area (Å²) in [5, 5.41) is 14.0. The molecule has 0 bridgehead atoms. The molecule has 0 saturated heterocycles. The Morgan fingerprint density at radius 2 is 1.92 bits per heavy atom. The normalized spacial score (nSPS) is 19.5. The zero-order chi connectivity index (χ0) is 18.1. The van der Waals surface area contributed by atoms with Crippen LogP contribution >= 0.6 is 0 Å². The van der Waals surface area contributed by atoms with Crippen molar-refractivity contribution in [2.75, 3.05) is 5.32 Å². The van der Waals surface area contributed by atoms with Crippen molar-refractivity contribution in [3.63, 3.8) is 0 Å². The standard InChI is InChI=1S/C21H16N2O3/c22-12-17(20(24)16-11-15(16)19-9-4-10-26-19)21(25)23-18-8-3-6-13-5-1-2-7-14(13)18/h1-10,15-17H,11H2,(H,23,25)/t15-,16-,17-/m0/s1. The van der Waals surface area contributed by atoms with Crippen molar-refractivity contribution in [1.29, 1.82) is 5.26 Å². The van der Waals surface area contributed by atoms with Gasteiger partial charge in [-0.3, -0.25) is 9.59 Å². The molecule has 3 aromatic rings. The van der Waals surface area contributed by atoms with E-state index >= 15 is 0 Å². The van der Waals surface area contributed by atoms with Crippen molar-refractivity contribution in [1.82, 2.24) is 0 Å². The molecule has 1 aliphatic rings. The van der Waals surface area contributed by atoms with Crippen molar-refractivity contribution in [3.8, 4) is 6.07 Å². The number of carbonyl (C=O) groups excluding carboxylic acids is 2. The van der Waals surface area contributed by atoms with Crippen molar-refractivity contribution in [2.45, 2.75) is 12.3 Å². The average Bonchev–Trinajstić information content (AvgIpc) is 3.27. The summed E-state index contributed by atoms with van der Waals surface area (Å²) in [5.74, 6) is -1.87. The lowest BCUT2D eigenvalue weighted by atomic mass is 9.99. The number of benzene rings is 2. The van der Waals surface area contributed by atoms with Crippen LogP contribution in [0.2, 0.25) is 0 Å². The van der Waals surface area contributed by atoms with E-state index < -0.39 is 11.8 Å². The number of rotatable bonds is 5. The number of hydrogen-bond donors (Lipinski definition) is 1. The van der Waals surface area contributed by atoms with E-state index in [0.29, 0.717) is 12.1 Å². The fourth-order valence-electron chi connectivity index (χ4n) is 3.33. The molecule has 5 nitrogen and oxygen atoms in total. The Bertz CT molecular complexity index is 1010. The molecule has 1 amide bonds. The topological polar surface area (TPSA) is 83.1 Å². The van der Waals surface area contributed by atoms with Gasteiger partial charge < -0.3 is 9.73 Å². The van der Waals surface area contributed by atoms with E-state index in [1.165, 1.54) is 0 Å². The van der Waals surface area contributed by atoms with Crippen LogP contribution in [0.25, 0.3) is 10.8 Å². The second-order valence-electron chi connectivity index (χ2n) is 6.44. The molecule has 5 heteroatoms. The summed E-state index contributed by atoms with van der Waals surface area (Å²) >= 11 is 0. The molecular weight excluding hydrogens is 328 g/mol. The molecule has 2 aromatic carbocycles. The molecule has 1 aliphatic carbocycles. The van der Waals surface area contributed by atoms with Crippen LogP contribution in [0.3, 0.4) is 0 Å². The van der Waals surface area contributed by atoms with Gasteiger partial charge in [-0.1, -0.05) is 36.4 Å². The van der Waals surface area contributed by atoms with E-state index in [0.717, 1.165) is 16.5 Å². The monoisotopic (exact) mass is 344 g/mol. The molecule has 0 radical (unpaired) electrons. The summed E-state index contributed by atoms with van der Waals surface area (Å²) in [4.78, 5) is 25.2. The van der Waals surface area contributed by atoms with Gasteiger partial charge in [0.1, 0.15) is 5.76 Å². The average molecular weight is 344 g/mol. The highest BCUT2D eigenvalue weighted by Gasteiger charge is 2.49. The van der Waals surface area contributed by atoms with Crippen LogP contribution in [-0.2, 0) is 9.59 Å². The Morgan fingerprint density at radius 1 is 1.12 bits per heavy atom. The van der Waals surface area contributed by atoms with Crippen LogP contribution in [0.1, 0.15) is 18.1 Å². The molecule has 3 atom stereocenters. The van der Waals surface area contributed by atoms with E-state index in [-0.39, 0.29) is 17.6 Å². The predicted molar refractivity (Wildman–Crippen MR) is 96.2 cm³/mol. The minimum atomic E-state index is -1.32. The van der Waals surface area contributed by atoms with Crippen LogP contribution in [0.15, 0.2) is 65.3 Å². The molecule has 0 spiro atoms. The van der Waals surface area contributed by atoms with Crippen LogP contribution in [0.4, 0.5) is 5.69 Å². The first-order valence-electron chi connectivity index (χ1n) is 8.44. The molecule has 128 valence electrons. The highest BCUT2D eigenvalue weighted by molar-refractivity contribution is 6.13. The van der Waals surface area contributed by atoms with Gasteiger partial charge in [0.15, 0.2) is 11.7 Å². The van der Waals surface area contributed by atoms with Gasteiger partial charge in [0.05, 0.1) is 12.3 Å². The maximum atomic E-state index is 12.6. The lowest BCUT2D eigenvalue weighted by Gasteiger charge is -2.11. The number of hydrogen-bond acceptors (Lipinski definition) is 4. The van der Waals surface area contributed by atoms with E-state index in [9.17, 15) is 14.9 Å². The Morgan fingerprint density at radius 3 is 2.69 bits per heavy atom. The summed E-state index contributed by atoms with van der Waals surface area (Å²) in [6, 6.07) is 18.6. The van der Waals surface area contributed by atoms with Gasteiger partial charge in [-0.15, -0.1) is 0 Å². The first-order valence-corrected chi connectivity index (χ1v) is 8.44. The Kier molecular flexibility index (Phi) is 4.02. The van der Waals surface area contributed by atoms with Gasteiger partial charge in [0, 0.05) is 22.9 Å². The van der Waals surface area contributed by atoms with Gasteiger partial charge in [-0.2, -0.15) is 5.26 Å². The van der Waals surface area contributed by atoms with Crippen molar-refractivity contribution < 1.29 is 14.0 Å². The molecular formula is C21H16N2O3. The summed E-state index contributed by atoms with van der Waals surface area (Å²) < 4.78 is 5.32. The second-order valence-corrected chi connectivity index (χ2v) is 6.44. The number of Topliss-reactive ketones (excluding diaryl/α,β-unsaturated/α-hetero) is 1. The first kappa shape index (κ1) is 16.1. The summed E-state index contributed by atoms with van der Waals surface area (Å²) in [6.07, 6.45) is 2.18. The second kappa shape index (κ2) is 6.49. The highest BCUT2D eigenvalue weighted by Crippen LogP contribution is 2.49. The summed E-state index contributed by atoms with van der Waals surface area (Å²) in [6.45, 7) is 0. The smallest absolute Gasteiger partial charge is 0.249 e. The van der Waals surface area contributed by atoms with Gasteiger partial charge in [0.25, 0.3) is 0 Å². The number of fused-ring (bicyclic) bond motifs is 1. The van der Waals surface area contributed by atoms with E-state index in [4.69, 9.17) is 4.42 Å². The van der Waals surface area contributed by atoms with Gasteiger partial charge in [-0.25, -0.2) is 0 Å². The number of carbonyl (C=O) groups is 2. The van der Waals surface area contributed by atoms with Gasteiger partial charge in [-0.05, 0) is 30.0 Å². The zero-order valence-corrected chi connectivity index (χ0v) is 13.9. The molecule has 1 aromatic heterocycles. The third-order valence-corrected chi connectivity index (χ3v) is 4.79. The minimum Gasteiger partial charge on any atom is -0.469 e. The lowest BCUT2D eigenvalue weighted by Crippen LogP contribution is -2.30. The Balaban J connectivity index is 1.51. The molecule has 1 N–H and O–H groups in total. The number of furan rings is 1. The zero-order valence-electron chi connectivity index (χ0n) is 13.9. The van der Waals surface area contributed by atoms with E-state index in [1.807, 2.05) is 48.5 Å². The highest BCUT2D eigenvalue weighted by atomic mass is 16.3. The van der Waals surface area contributed by atoms with Crippen LogP contribution < -0.4 is 5.32 Å². The fourth-order valence-corrected chi connectivity index (χ4v) is 3.33. The number of nitriles is 1. The lowest BCUT2D eigenvalue weighted by molar-refractivity contribution is -0.129. The maximum Gasteiger partial charge on any atom is 0.249 e. The number of ketones is 1. The van der Waals surface area contributed by atoms with Crippen LogP contribution in [0.5, 0.6) is 0 Å². The Labute approximate surface area is 150 Å². The molecule has 1 heterocycles. The molecule has 4 rings (SSSR count). The summed E-state index contributed by atoms with van der Waals surface area (Å²) in [7, 11) is 0. The largest absolute Gasteiger partial charge is 0.469 e. The van der Waals surface area contributed by atoms with E-state index in [1.54, 1.807) is 18.4 Å². The number of nitrogens with zero attached hydrogens (tertiary/aromatic N) is 1. The minimum absolute atomic E-state index is 0.0290. The molecule has 26 heavy (non-hydrogen) atoms. The van der Waals surface area contributed by atoms with Gasteiger partial charge >= 0.3 is 0 Å². The fraction of sp³-hybridized carbons (Fsp3) is 0.190. The third-order valence-electron chi connectivity index (χ3n) is 4.79. The molecule has 0 aliphatic heterocycles. The molecule has 1 saturated carbocycles. The quantitative estimate of drug-likeness (QED) is 0.712. The third kappa shape index (κ3) is 2.86. The van der Waals surface area contributed by atoms with Crippen molar-refractivity contribution in [2.24, 2.45) is 11.8 Å². The van der Waals surface area contributed by atoms with Crippen LogP contribution in [-0.4, -0.2) is 11.7 Å².